The van der Waals surface area contributed by atoms with Gasteiger partial charge in [-0.25, -0.2) is 0 Å². The van der Waals surface area contributed by atoms with Gasteiger partial charge in [-0.3, -0.25) is 10.1 Å². The van der Waals surface area contributed by atoms with Gasteiger partial charge in [-0.15, -0.1) is 0 Å². The second kappa shape index (κ2) is 11.7. The quantitative estimate of drug-likeness (QED) is 0.143. The Morgan fingerprint density at radius 1 is 0.812 bits per heavy atom. The summed E-state index contributed by atoms with van der Waals surface area (Å²) in [6.07, 6.45) is 3.97. The molecule has 0 amide bonds. The summed E-state index contributed by atoms with van der Waals surface area (Å²) in [7, 11) is -1.68. The molecule has 0 atom stereocenters. The monoisotopic (exact) mass is 457 g/mol. The van der Waals surface area contributed by atoms with Crippen molar-refractivity contribution in [1.29, 1.82) is 0 Å². The standard InChI is InChI=1S/C26H39NO4Si/c1-25(2,3)32(4,5)31-21-15-7-6-14-20-30-26(22-27(28)29,23-16-10-8-11-17-23)24-18-12-9-13-19-24/h8-13,16-19H,6-7,14-15,20-22H2,1-5H3. The molecule has 0 saturated carbocycles. The molecule has 2 aromatic rings. The molecular weight excluding hydrogens is 418 g/mol. The fourth-order valence-electron chi connectivity index (χ4n) is 3.51. The first-order chi connectivity index (χ1) is 15.1. The molecule has 0 fully saturated rings. The molecule has 6 heteroatoms. The van der Waals surface area contributed by atoms with Crippen LogP contribution in [0.4, 0.5) is 0 Å². The SMILES string of the molecule is CC(C)(C)[Si](C)(C)OCCCCCCOC(C[N+](=O)[O-])(c1ccccc1)c1ccccc1. The van der Waals surface area contributed by atoms with Crippen molar-refractivity contribution in [2.24, 2.45) is 0 Å². The summed E-state index contributed by atoms with van der Waals surface area (Å²) in [6.45, 7) is 12.3. The molecule has 0 saturated heterocycles. The number of ether oxygens (including phenoxy) is 1. The smallest absolute Gasteiger partial charge is 0.240 e. The molecule has 0 aliphatic carbocycles. The van der Waals surface area contributed by atoms with E-state index in [9.17, 15) is 10.1 Å². The number of hydrogen-bond acceptors (Lipinski definition) is 4. The van der Waals surface area contributed by atoms with Gasteiger partial charge in [-0.1, -0.05) is 94.3 Å². The van der Waals surface area contributed by atoms with Gasteiger partial charge < -0.3 is 9.16 Å². The van der Waals surface area contributed by atoms with Gasteiger partial charge in [0, 0.05) is 18.1 Å². The van der Waals surface area contributed by atoms with Gasteiger partial charge in [-0.05, 0) is 42.1 Å². The molecule has 0 unspecified atom stereocenters. The van der Waals surface area contributed by atoms with E-state index in [-0.39, 0.29) is 16.5 Å². The van der Waals surface area contributed by atoms with Crippen LogP contribution in [0.1, 0.15) is 57.6 Å². The first kappa shape index (κ1) is 26.2. The van der Waals surface area contributed by atoms with Crippen molar-refractivity contribution in [1.82, 2.24) is 0 Å². The Morgan fingerprint density at radius 3 is 1.72 bits per heavy atom. The largest absolute Gasteiger partial charge is 0.417 e. The zero-order valence-corrected chi connectivity index (χ0v) is 21.3. The molecule has 5 nitrogen and oxygen atoms in total. The Bertz CT molecular complexity index is 779. The summed E-state index contributed by atoms with van der Waals surface area (Å²) in [5, 5.41) is 11.9. The van der Waals surface area contributed by atoms with Crippen LogP contribution in [-0.2, 0) is 14.8 Å². The van der Waals surface area contributed by atoms with Gasteiger partial charge in [0.2, 0.25) is 6.54 Å². The molecule has 0 aromatic heterocycles. The van der Waals surface area contributed by atoms with Gasteiger partial charge in [0.15, 0.2) is 13.9 Å². The molecular formula is C26H39NO4Si. The predicted octanol–water partition coefficient (Wildman–Crippen LogP) is 6.81. The van der Waals surface area contributed by atoms with Crippen molar-refractivity contribution in [3.05, 3.63) is 81.9 Å². The first-order valence-corrected chi connectivity index (χ1v) is 14.5. The zero-order valence-electron chi connectivity index (χ0n) is 20.3. The lowest BCUT2D eigenvalue weighted by atomic mass is 9.86. The van der Waals surface area contributed by atoms with Gasteiger partial charge in [0.05, 0.1) is 0 Å². The zero-order chi connectivity index (χ0) is 23.7. The number of unbranched alkanes of at least 4 members (excludes halogenated alkanes) is 3. The van der Waals surface area contributed by atoms with Crippen LogP contribution in [0.2, 0.25) is 18.1 Å². The van der Waals surface area contributed by atoms with Gasteiger partial charge in [-0.2, -0.15) is 0 Å². The molecule has 0 N–H and O–H groups in total. The highest BCUT2D eigenvalue weighted by molar-refractivity contribution is 6.74. The predicted molar refractivity (Wildman–Crippen MR) is 133 cm³/mol. The summed E-state index contributed by atoms with van der Waals surface area (Å²) in [6, 6.07) is 19.1. The van der Waals surface area contributed by atoms with Crippen LogP contribution in [0, 0.1) is 10.1 Å². The number of nitro groups is 1. The second-order valence-electron chi connectivity index (χ2n) is 9.92. The van der Waals surface area contributed by atoms with Crippen LogP contribution >= 0.6 is 0 Å². The van der Waals surface area contributed by atoms with E-state index < -0.39 is 13.9 Å². The topological polar surface area (TPSA) is 61.6 Å². The molecule has 0 radical (unpaired) electrons. The van der Waals surface area contributed by atoms with E-state index in [4.69, 9.17) is 9.16 Å². The third-order valence-electron chi connectivity index (χ3n) is 6.49. The van der Waals surface area contributed by atoms with Crippen LogP contribution < -0.4 is 0 Å². The Hall–Kier alpha value is -2.02. The fourth-order valence-corrected chi connectivity index (χ4v) is 4.59. The van der Waals surface area contributed by atoms with E-state index in [1.807, 2.05) is 60.7 Å². The minimum absolute atomic E-state index is 0.232. The van der Waals surface area contributed by atoms with Crippen molar-refractivity contribution in [3.8, 4) is 0 Å². The Balaban J connectivity index is 1.95. The average Bonchev–Trinajstić information content (AvgIpc) is 2.75. The summed E-state index contributed by atoms with van der Waals surface area (Å²) in [5.41, 5.74) is 0.536. The van der Waals surface area contributed by atoms with E-state index in [0.717, 1.165) is 43.4 Å². The maximum Gasteiger partial charge on any atom is 0.240 e. The highest BCUT2D eigenvalue weighted by atomic mass is 28.4. The molecule has 2 aromatic carbocycles. The van der Waals surface area contributed by atoms with Gasteiger partial charge in [0.25, 0.3) is 0 Å². The van der Waals surface area contributed by atoms with E-state index in [0.29, 0.717) is 6.61 Å². The normalized spacial score (nSPS) is 12.7. The van der Waals surface area contributed by atoms with Crippen molar-refractivity contribution in [3.63, 3.8) is 0 Å². The van der Waals surface area contributed by atoms with E-state index in [2.05, 4.69) is 33.9 Å². The highest BCUT2D eigenvalue weighted by Crippen LogP contribution is 2.37. The van der Waals surface area contributed by atoms with Crippen molar-refractivity contribution >= 4 is 8.32 Å². The van der Waals surface area contributed by atoms with E-state index in [1.54, 1.807) is 0 Å². The maximum absolute atomic E-state index is 11.6. The van der Waals surface area contributed by atoms with Crippen molar-refractivity contribution < 1.29 is 14.1 Å². The molecule has 0 aliphatic rings. The summed E-state index contributed by atoms with van der Waals surface area (Å²) >= 11 is 0. The number of rotatable bonds is 13. The van der Waals surface area contributed by atoms with Crippen LogP contribution in [0.5, 0.6) is 0 Å². The Morgan fingerprint density at radius 2 is 1.28 bits per heavy atom. The van der Waals surface area contributed by atoms with E-state index >= 15 is 0 Å². The Labute approximate surface area is 194 Å². The molecule has 176 valence electrons. The third kappa shape index (κ3) is 7.25. The molecule has 0 heterocycles. The molecule has 0 aliphatic heterocycles. The first-order valence-electron chi connectivity index (χ1n) is 11.6. The molecule has 0 bridgehead atoms. The van der Waals surface area contributed by atoms with Crippen molar-refractivity contribution in [2.45, 2.75) is 70.2 Å². The third-order valence-corrected chi connectivity index (χ3v) is 11.0. The maximum atomic E-state index is 11.6. The van der Waals surface area contributed by atoms with Gasteiger partial charge in [0.1, 0.15) is 0 Å². The lowest BCUT2D eigenvalue weighted by Crippen LogP contribution is -2.40. The summed E-state index contributed by atoms with van der Waals surface area (Å²) < 4.78 is 12.6. The molecule has 32 heavy (non-hydrogen) atoms. The second-order valence-corrected chi connectivity index (χ2v) is 14.7. The molecule has 2 rings (SSSR count). The molecule has 0 spiro atoms. The van der Waals surface area contributed by atoms with Crippen LogP contribution in [0.25, 0.3) is 0 Å². The van der Waals surface area contributed by atoms with Crippen LogP contribution in [-0.4, -0.2) is 33.0 Å². The van der Waals surface area contributed by atoms with Crippen molar-refractivity contribution in [2.75, 3.05) is 19.8 Å². The number of nitrogens with zero attached hydrogens (tertiary/aromatic N) is 1. The fraction of sp³-hybridized carbons (Fsp3) is 0.538. The Kier molecular flexibility index (Phi) is 9.61. The van der Waals surface area contributed by atoms with Crippen LogP contribution in [0.3, 0.4) is 0 Å². The van der Waals surface area contributed by atoms with Crippen LogP contribution in [0.15, 0.2) is 60.7 Å². The number of benzene rings is 2. The summed E-state index contributed by atoms with van der Waals surface area (Å²) in [4.78, 5) is 11.4. The highest BCUT2D eigenvalue weighted by Gasteiger charge is 2.41. The number of hydrogen-bond donors (Lipinski definition) is 0. The minimum Gasteiger partial charge on any atom is -0.417 e. The average molecular weight is 458 g/mol. The minimum atomic E-state index is -1.68. The lowest BCUT2D eigenvalue weighted by Gasteiger charge is -2.36. The summed E-state index contributed by atoms with van der Waals surface area (Å²) in [5.74, 6) is 0. The van der Waals surface area contributed by atoms with E-state index in [1.165, 1.54) is 0 Å². The lowest BCUT2D eigenvalue weighted by molar-refractivity contribution is -0.501. The van der Waals surface area contributed by atoms with Gasteiger partial charge >= 0.3 is 0 Å².